The minimum absolute atomic E-state index is 0. The van der Waals surface area contributed by atoms with E-state index in [9.17, 15) is 4.79 Å². The first-order valence-electron chi connectivity index (χ1n) is 8.41. The zero-order valence-corrected chi connectivity index (χ0v) is 17.6. The van der Waals surface area contributed by atoms with Crippen molar-refractivity contribution in [2.75, 3.05) is 38.2 Å². The van der Waals surface area contributed by atoms with E-state index >= 15 is 0 Å². The van der Waals surface area contributed by atoms with E-state index in [1.54, 1.807) is 24.5 Å². The highest BCUT2D eigenvalue weighted by molar-refractivity contribution is 14.0. The summed E-state index contributed by atoms with van der Waals surface area (Å²) in [4.78, 5) is 20.1. The van der Waals surface area contributed by atoms with Crippen LogP contribution in [0.15, 0.2) is 29.5 Å². The Balaban J connectivity index is 0.00000576. The second-order valence-corrected chi connectivity index (χ2v) is 5.71. The third-order valence-corrected chi connectivity index (χ3v) is 3.05. The van der Waals surface area contributed by atoms with Gasteiger partial charge in [-0.25, -0.2) is 4.99 Å². The lowest BCUT2D eigenvalue weighted by molar-refractivity contribution is -0.114. The second-order valence-electron chi connectivity index (χ2n) is 5.71. The van der Waals surface area contributed by atoms with E-state index in [1.165, 1.54) is 0 Å². The molecule has 0 radical (unpaired) electrons. The molecule has 0 saturated carbocycles. The van der Waals surface area contributed by atoms with Gasteiger partial charge in [0.25, 0.3) is 0 Å². The van der Waals surface area contributed by atoms with Gasteiger partial charge < -0.3 is 20.7 Å². The van der Waals surface area contributed by atoms with Crippen LogP contribution in [0.5, 0.6) is 0 Å². The van der Waals surface area contributed by atoms with Gasteiger partial charge >= 0.3 is 0 Å². The Bertz CT molecular complexity index is 497. The molecule has 1 aromatic heterocycles. The summed E-state index contributed by atoms with van der Waals surface area (Å²) in [5.41, 5.74) is 0.661. The summed E-state index contributed by atoms with van der Waals surface area (Å²) < 4.78 is 5.55. The Morgan fingerprint density at radius 1 is 1.32 bits per heavy atom. The maximum atomic E-state index is 11.9. The molecule has 0 bridgehead atoms. The first-order valence-corrected chi connectivity index (χ1v) is 8.41. The molecule has 0 aromatic carbocycles. The van der Waals surface area contributed by atoms with Crippen LogP contribution < -0.4 is 16.0 Å². The van der Waals surface area contributed by atoms with Crippen molar-refractivity contribution >= 4 is 41.5 Å². The fraction of sp³-hybridized carbons (Fsp3) is 0.588. The molecule has 0 spiro atoms. The van der Waals surface area contributed by atoms with Gasteiger partial charge in [0, 0.05) is 25.9 Å². The SMILES string of the molecule is CCNC(=NCC(=O)Nc1cccnc1)NCCOCCC(C)C.I. The predicted octanol–water partition coefficient (Wildman–Crippen LogP) is 2.26. The van der Waals surface area contributed by atoms with Crippen molar-refractivity contribution in [3.63, 3.8) is 0 Å². The molecule has 142 valence electrons. The standard InChI is InChI=1S/C17H29N5O2.HI/c1-4-19-17(20-9-11-24-10-7-14(2)3)21-13-16(23)22-15-6-5-8-18-12-15;/h5-6,8,12,14H,4,7,9-11,13H2,1-3H3,(H,22,23)(H2,19,20,21);1H. The van der Waals surface area contributed by atoms with Crippen molar-refractivity contribution in [1.29, 1.82) is 0 Å². The zero-order valence-electron chi connectivity index (χ0n) is 15.2. The first kappa shape index (κ1) is 23.6. The molecular formula is C17H30IN5O2. The average Bonchev–Trinajstić information content (AvgIpc) is 2.56. The molecule has 0 fully saturated rings. The van der Waals surface area contributed by atoms with Crippen LogP contribution in [0.2, 0.25) is 0 Å². The van der Waals surface area contributed by atoms with Crippen molar-refractivity contribution in [3.05, 3.63) is 24.5 Å². The first-order chi connectivity index (χ1) is 11.6. The normalized spacial score (nSPS) is 11.0. The smallest absolute Gasteiger partial charge is 0.246 e. The quantitative estimate of drug-likeness (QED) is 0.215. The summed E-state index contributed by atoms with van der Waals surface area (Å²) in [7, 11) is 0. The van der Waals surface area contributed by atoms with Crippen molar-refractivity contribution in [1.82, 2.24) is 15.6 Å². The van der Waals surface area contributed by atoms with Crippen molar-refractivity contribution < 1.29 is 9.53 Å². The van der Waals surface area contributed by atoms with Crippen LogP contribution >= 0.6 is 24.0 Å². The highest BCUT2D eigenvalue weighted by Crippen LogP contribution is 2.01. The van der Waals surface area contributed by atoms with Gasteiger partial charge in [-0.15, -0.1) is 24.0 Å². The molecule has 0 aliphatic carbocycles. The monoisotopic (exact) mass is 463 g/mol. The van der Waals surface area contributed by atoms with Gasteiger partial charge in [0.1, 0.15) is 6.54 Å². The fourth-order valence-corrected chi connectivity index (χ4v) is 1.79. The molecule has 0 unspecified atom stereocenters. The maximum Gasteiger partial charge on any atom is 0.246 e. The van der Waals surface area contributed by atoms with Crippen molar-refractivity contribution in [3.8, 4) is 0 Å². The molecule has 0 atom stereocenters. The van der Waals surface area contributed by atoms with Gasteiger partial charge in [0.2, 0.25) is 5.91 Å². The van der Waals surface area contributed by atoms with E-state index in [2.05, 4.69) is 39.8 Å². The summed E-state index contributed by atoms with van der Waals surface area (Å²) in [6, 6.07) is 3.55. The summed E-state index contributed by atoms with van der Waals surface area (Å²) in [5, 5.41) is 9.00. The fourth-order valence-electron chi connectivity index (χ4n) is 1.79. The number of hydrogen-bond acceptors (Lipinski definition) is 4. The molecule has 0 aliphatic rings. The largest absolute Gasteiger partial charge is 0.380 e. The molecule has 7 nitrogen and oxygen atoms in total. The number of rotatable bonds is 10. The highest BCUT2D eigenvalue weighted by Gasteiger charge is 2.03. The minimum Gasteiger partial charge on any atom is -0.380 e. The Morgan fingerprint density at radius 2 is 2.12 bits per heavy atom. The molecule has 3 N–H and O–H groups in total. The van der Waals surface area contributed by atoms with E-state index in [0.29, 0.717) is 30.7 Å². The third kappa shape index (κ3) is 12.6. The third-order valence-electron chi connectivity index (χ3n) is 3.05. The van der Waals surface area contributed by atoms with Gasteiger partial charge in [-0.2, -0.15) is 0 Å². The molecule has 0 saturated heterocycles. The van der Waals surface area contributed by atoms with E-state index in [0.717, 1.165) is 19.6 Å². The second kappa shape index (κ2) is 14.9. The summed E-state index contributed by atoms with van der Waals surface area (Å²) in [6.45, 7) is 9.12. The number of nitrogens with one attached hydrogen (secondary N) is 3. The molecule has 1 heterocycles. The van der Waals surface area contributed by atoms with Gasteiger partial charge in [-0.05, 0) is 31.4 Å². The maximum absolute atomic E-state index is 11.9. The molecular weight excluding hydrogens is 433 g/mol. The Kier molecular flexibility index (Phi) is 14.0. The van der Waals surface area contributed by atoms with Crippen LogP contribution in [-0.4, -0.2) is 49.7 Å². The topological polar surface area (TPSA) is 87.6 Å². The number of carbonyl (C=O) groups is 1. The van der Waals surface area contributed by atoms with Crippen LogP contribution in [0.3, 0.4) is 0 Å². The van der Waals surface area contributed by atoms with Crippen LogP contribution in [-0.2, 0) is 9.53 Å². The molecule has 8 heteroatoms. The lowest BCUT2D eigenvalue weighted by atomic mass is 10.1. The number of halogens is 1. The average molecular weight is 463 g/mol. The van der Waals surface area contributed by atoms with Gasteiger partial charge in [-0.3, -0.25) is 9.78 Å². The number of pyridine rings is 1. The Labute approximate surface area is 167 Å². The number of guanidine groups is 1. The number of carbonyl (C=O) groups excluding carboxylic acids is 1. The summed E-state index contributed by atoms with van der Waals surface area (Å²) >= 11 is 0. The zero-order chi connectivity index (χ0) is 17.6. The van der Waals surface area contributed by atoms with Crippen LogP contribution in [0.25, 0.3) is 0 Å². The Hall–Kier alpha value is -1.42. The van der Waals surface area contributed by atoms with Crippen LogP contribution in [0, 0.1) is 5.92 Å². The molecule has 25 heavy (non-hydrogen) atoms. The van der Waals surface area contributed by atoms with Gasteiger partial charge in [0.05, 0.1) is 18.5 Å². The number of nitrogens with zero attached hydrogens (tertiary/aromatic N) is 2. The van der Waals surface area contributed by atoms with E-state index in [1.807, 2.05) is 6.92 Å². The van der Waals surface area contributed by atoms with Crippen LogP contribution in [0.4, 0.5) is 5.69 Å². The van der Waals surface area contributed by atoms with Crippen LogP contribution in [0.1, 0.15) is 27.2 Å². The molecule has 1 rings (SSSR count). The minimum atomic E-state index is -0.187. The number of aliphatic imine (C=N–C) groups is 1. The van der Waals surface area contributed by atoms with Gasteiger partial charge in [0.15, 0.2) is 5.96 Å². The predicted molar refractivity (Wildman–Crippen MR) is 113 cm³/mol. The van der Waals surface area contributed by atoms with E-state index in [4.69, 9.17) is 4.74 Å². The highest BCUT2D eigenvalue weighted by atomic mass is 127. The number of ether oxygens (including phenoxy) is 1. The summed E-state index contributed by atoms with van der Waals surface area (Å²) in [5.74, 6) is 1.06. The summed E-state index contributed by atoms with van der Waals surface area (Å²) in [6.07, 6.45) is 4.31. The lowest BCUT2D eigenvalue weighted by Crippen LogP contribution is -2.39. The Morgan fingerprint density at radius 3 is 2.76 bits per heavy atom. The van der Waals surface area contributed by atoms with E-state index < -0.39 is 0 Å². The molecule has 0 aliphatic heterocycles. The number of anilines is 1. The number of amides is 1. The lowest BCUT2D eigenvalue weighted by Gasteiger charge is -2.12. The van der Waals surface area contributed by atoms with E-state index in [-0.39, 0.29) is 36.4 Å². The molecule has 1 amide bonds. The van der Waals surface area contributed by atoms with Crippen molar-refractivity contribution in [2.45, 2.75) is 27.2 Å². The molecule has 1 aromatic rings. The van der Waals surface area contributed by atoms with Gasteiger partial charge in [-0.1, -0.05) is 13.8 Å². The number of hydrogen-bond donors (Lipinski definition) is 3. The van der Waals surface area contributed by atoms with Crippen molar-refractivity contribution in [2.24, 2.45) is 10.9 Å². The number of aromatic nitrogens is 1.